The van der Waals surface area contributed by atoms with Crippen molar-refractivity contribution in [2.45, 2.75) is 11.4 Å². The first kappa shape index (κ1) is 31.3. The summed E-state index contributed by atoms with van der Waals surface area (Å²) < 4.78 is -6.83. The third-order valence-corrected chi connectivity index (χ3v) is 2.08. The fourth-order valence-corrected chi connectivity index (χ4v) is 0. The number of alkyl halides is 9. The Morgan fingerprint density at radius 1 is 0.500 bits per heavy atom. The molecule has 0 saturated carbocycles. The van der Waals surface area contributed by atoms with Crippen LogP contribution in [-0.4, -0.2) is 29.3 Å². The largest absolute Gasteiger partial charge is 3.00 e. The Bertz CT molecular complexity index is 313. The van der Waals surface area contributed by atoms with E-state index in [0.717, 1.165) is 0 Å². The number of carboxylic acids is 3. The summed E-state index contributed by atoms with van der Waals surface area (Å²) in [5, 5.41) is 28.5. The SMILES string of the molecule is O=C([O-])C(Cl)(Cl)Cl.O=C([O-])C(Cl)(Cl)Cl.O=C([O-])C(Cl)(Cl)Cl.[Fe+3]. The normalized spacial score (nSPS) is 10.8. The maximum atomic E-state index is 9.51. The molecule has 1 radical (unpaired) electrons. The molecule has 0 rings (SSSR count). The van der Waals surface area contributed by atoms with Crippen LogP contribution >= 0.6 is 104 Å². The number of carbonyl (C=O) groups is 3. The number of hydrogen-bond acceptors (Lipinski definition) is 6. The van der Waals surface area contributed by atoms with Crippen molar-refractivity contribution in [3.05, 3.63) is 0 Å². The summed E-state index contributed by atoms with van der Waals surface area (Å²) in [4.78, 5) is 28.5. The van der Waals surface area contributed by atoms with E-state index in [1.807, 2.05) is 0 Å². The molecule has 0 aliphatic rings. The molecule has 0 aliphatic carbocycles. The van der Waals surface area contributed by atoms with E-state index < -0.39 is 29.3 Å². The molecule has 0 bridgehead atoms. The van der Waals surface area contributed by atoms with Gasteiger partial charge in [0.15, 0.2) is 0 Å². The topological polar surface area (TPSA) is 120 Å². The number of aliphatic carboxylic acids is 3. The number of carboxylic acid groups (broad SMARTS) is 3. The Balaban J connectivity index is -0.000000108. The van der Waals surface area contributed by atoms with Gasteiger partial charge in [0.25, 0.3) is 0 Å². The van der Waals surface area contributed by atoms with E-state index in [1.54, 1.807) is 0 Å². The standard InChI is InChI=1S/3C2HCl3O2.Fe/c3*3-2(4,5)1(6)7;/h3*(H,6,7);/q;;;+3/p-3. The third kappa shape index (κ3) is 23.8. The Morgan fingerprint density at radius 3 is 0.545 bits per heavy atom. The quantitative estimate of drug-likeness (QED) is 0.321. The Morgan fingerprint density at radius 2 is 0.545 bits per heavy atom. The van der Waals surface area contributed by atoms with Crippen molar-refractivity contribution in [3.63, 3.8) is 0 Å². The van der Waals surface area contributed by atoms with Gasteiger partial charge in [-0.1, -0.05) is 104 Å². The summed E-state index contributed by atoms with van der Waals surface area (Å²) in [6.07, 6.45) is 0. The fourth-order valence-electron chi connectivity index (χ4n) is 0. The minimum atomic E-state index is -2.28. The van der Waals surface area contributed by atoms with Gasteiger partial charge in [-0.15, -0.1) is 0 Å². The molecule has 0 unspecified atom stereocenters. The molecule has 0 aliphatic heterocycles. The maximum absolute atomic E-state index is 9.51. The molecule has 16 heteroatoms. The average molecular weight is 543 g/mol. The zero-order chi connectivity index (χ0) is 18.2. The van der Waals surface area contributed by atoms with Crippen LogP contribution in [0.3, 0.4) is 0 Å². The van der Waals surface area contributed by atoms with Gasteiger partial charge in [-0.2, -0.15) is 0 Å². The zero-order valence-electron chi connectivity index (χ0n) is 9.20. The number of hydrogen-bond donors (Lipinski definition) is 0. The van der Waals surface area contributed by atoms with Gasteiger partial charge in [-0.3, -0.25) is 0 Å². The van der Waals surface area contributed by atoms with E-state index >= 15 is 0 Å². The Hall–Kier alpha value is 1.54. The Labute approximate surface area is 179 Å². The smallest absolute Gasteiger partial charge is 0.545 e. The van der Waals surface area contributed by atoms with E-state index in [0.29, 0.717) is 0 Å². The predicted octanol–water partition coefficient (Wildman–Crippen LogP) is 0.317. The van der Waals surface area contributed by atoms with Crippen molar-refractivity contribution in [3.8, 4) is 0 Å². The second-order valence-electron chi connectivity index (χ2n) is 2.36. The van der Waals surface area contributed by atoms with Crippen LogP contribution in [0.1, 0.15) is 0 Å². The van der Waals surface area contributed by atoms with Gasteiger partial charge in [-0.25, -0.2) is 0 Å². The molecule has 0 aromatic heterocycles. The molecule has 0 aromatic rings. The summed E-state index contributed by atoms with van der Waals surface area (Å²) in [5.74, 6) is -5.13. The molecule has 0 atom stereocenters. The second kappa shape index (κ2) is 12.8. The molecule has 22 heavy (non-hydrogen) atoms. The van der Waals surface area contributed by atoms with E-state index in [2.05, 4.69) is 0 Å². The van der Waals surface area contributed by atoms with Gasteiger partial charge < -0.3 is 29.7 Å². The molecule has 0 heterocycles. The third-order valence-electron chi connectivity index (χ3n) is 0.694. The van der Waals surface area contributed by atoms with Crippen LogP contribution in [0.5, 0.6) is 0 Å². The van der Waals surface area contributed by atoms with Crippen molar-refractivity contribution in [2.24, 2.45) is 0 Å². The second-order valence-corrected chi connectivity index (χ2v) is 9.20. The predicted molar refractivity (Wildman–Crippen MR) is 75.9 cm³/mol. The molecule has 0 aromatic carbocycles. The summed E-state index contributed by atoms with van der Waals surface area (Å²) in [6, 6.07) is 0. The number of halogens is 9. The van der Waals surface area contributed by atoms with Gasteiger partial charge in [0.05, 0.1) is 17.9 Å². The van der Waals surface area contributed by atoms with Crippen LogP contribution in [0.15, 0.2) is 0 Å². The van der Waals surface area contributed by atoms with Gasteiger partial charge in [0, 0.05) is 0 Å². The van der Waals surface area contributed by atoms with E-state index in [9.17, 15) is 29.7 Å². The minimum absolute atomic E-state index is 0. The summed E-state index contributed by atoms with van der Waals surface area (Å²) in [6.45, 7) is 0. The van der Waals surface area contributed by atoms with E-state index in [-0.39, 0.29) is 17.1 Å². The Kier molecular flexibility index (Phi) is 18.3. The van der Waals surface area contributed by atoms with Crippen molar-refractivity contribution in [1.29, 1.82) is 0 Å². The summed E-state index contributed by atoms with van der Waals surface area (Å²) in [5.41, 5.74) is 0. The first-order valence-corrected chi connectivity index (χ1v) is 7.08. The molecule has 0 N–H and O–H groups in total. The molecule has 0 spiro atoms. The summed E-state index contributed by atoms with van der Waals surface area (Å²) >= 11 is 42.6. The van der Waals surface area contributed by atoms with Crippen LogP contribution in [0.2, 0.25) is 0 Å². The molecule has 0 fully saturated rings. The van der Waals surface area contributed by atoms with Crippen molar-refractivity contribution in [1.82, 2.24) is 0 Å². The molecular weight excluding hydrogens is 543 g/mol. The first-order chi connectivity index (χ1) is 8.83. The van der Waals surface area contributed by atoms with Crippen LogP contribution in [0.25, 0.3) is 0 Å². The zero-order valence-corrected chi connectivity index (χ0v) is 17.1. The van der Waals surface area contributed by atoms with Crippen molar-refractivity contribution >= 4 is 122 Å². The first-order valence-electron chi connectivity index (χ1n) is 3.68. The minimum Gasteiger partial charge on any atom is -0.545 e. The monoisotopic (exact) mass is 539 g/mol. The maximum Gasteiger partial charge on any atom is 3.00 e. The van der Waals surface area contributed by atoms with Crippen LogP contribution in [-0.2, 0) is 31.5 Å². The van der Waals surface area contributed by atoms with Crippen LogP contribution in [0.4, 0.5) is 0 Å². The molecule has 0 saturated heterocycles. The van der Waals surface area contributed by atoms with E-state index in [4.69, 9.17) is 104 Å². The fraction of sp³-hybridized carbons (Fsp3) is 0.500. The number of rotatable bonds is 0. The van der Waals surface area contributed by atoms with Gasteiger partial charge in [0.1, 0.15) is 0 Å². The number of carbonyl (C=O) groups excluding carboxylic acids is 3. The summed E-state index contributed by atoms with van der Waals surface area (Å²) in [7, 11) is 0. The van der Waals surface area contributed by atoms with E-state index in [1.165, 1.54) is 0 Å². The van der Waals surface area contributed by atoms with Gasteiger partial charge >= 0.3 is 17.1 Å². The van der Waals surface area contributed by atoms with Crippen molar-refractivity contribution < 1.29 is 46.8 Å². The van der Waals surface area contributed by atoms with Crippen LogP contribution < -0.4 is 15.3 Å². The van der Waals surface area contributed by atoms with Crippen LogP contribution in [0, 0.1) is 0 Å². The van der Waals surface area contributed by atoms with Gasteiger partial charge in [0.2, 0.25) is 11.4 Å². The van der Waals surface area contributed by atoms with Crippen molar-refractivity contribution in [2.75, 3.05) is 0 Å². The molecule has 6 nitrogen and oxygen atoms in total. The molecule has 131 valence electrons. The molecular formula is C6Cl9FeO6. The molecule has 0 amide bonds. The van der Waals surface area contributed by atoms with Gasteiger partial charge in [-0.05, 0) is 0 Å². The average Bonchev–Trinajstić information content (AvgIpc) is 2.14.